The Morgan fingerprint density at radius 3 is 2.60 bits per heavy atom. The largest absolute Gasteiger partial charge is 0.416 e. The van der Waals surface area contributed by atoms with Gasteiger partial charge in [0.1, 0.15) is 0 Å². The van der Waals surface area contributed by atoms with E-state index in [4.69, 9.17) is 4.74 Å². The number of allylic oxidation sites excluding steroid dienone is 1. The number of ketones is 1. The number of carbonyl (C=O) groups is 2. The van der Waals surface area contributed by atoms with E-state index in [1.165, 1.54) is 31.1 Å². The molecular formula is C17H19F3N2O3. The van der Waals surface area contributed by atoms with Crippen LogP contribution < -0.4 is 5.32 Å². The van der Waals surface area contributed by atoms with E-state index in [-0.39, 0.29) is 30.1 Å². The van der Waals surface area contributed by atoms with Gasteiger partial charge < -0.3 is 10.1 Å². The summed E-state index contributed by atoms with van der Waals surface area (Å²) in [6.45, 7) is 3.43. The van der Waals surface area contributed by atoms with Crippen LogP contribution in [0.3, 0.4) is 0 Å². The molecule has 1 aliphatic heterocycles. The molecule has 0 radical (unpaired) electrons. The van der Waals surface area contributed by atoms with Gasteiger partial charge in [0.15, 0.2) is 5.78 Å². The number of amides is 2. The number of ether oxygens (including phenoxy) is 1. The highest BCUT2D eigenvalue weighted by molar-refractivity contribution is 5.98. The van der Waals surface area contributed by atoms with Crippen LogP contribution in [0.15, 0.2) is 35.5 Å². The third kappa shape index (κ3) is 4.01. The minimum atomic E-state index is -4.51. The SMILES string of the molecule is COCCN1C(=O)N[C@@H](c2cccc(C(F)(F)F)c2)C(C(C)=O)=C1C. The number of nitrogens with one attached hydrogen (secondary N) is 1. The van der Waals surface area contributed by atoms with Gasteiger partial charge in [-0.2, -0.15) is 13.2 Å². The van der Waals surface area contributed by atoms with Gasteiger partial charge in [-0.25, -0.2) is 4.79 Å². The Labute approximate surface area is 143 Å². The number of benzene rings is 1. The molecular weight excluding hydrogens is 337 g/mol. The summed E-state index contributed by atoms with van der Waals surface area (Å²) in [7, 11) is 1.48. The van der Waals surface area contributed by atoms with E-state index in [2.05, 4.69) is 5.32 Å². The summed E-state index contributed by atoms with van der Waals surface area (Å²) in [6, 6.07) is 3.21. The van der Waals surface area contributed by atoms with Crippen molar-refractivity contribution < 1.29 is 27.5 Å². The van der Waals surface area contributed by atoms with E-state index in [0.29, 0.717) is 5.70 Å². The summed E-state index contributed by atoms with van der Waals surface area (Å²) >= 11 is 0. The normalized spacial score (nSPS) is 18.4. The topological polar surface area (TPSA) is 58.6 Å². The van der Waals surface area contributed by atoms with Gasteiger partial charge in [-0.3, -0.25) is 9.69 Å². The highest BCUT2D eigenvalue weighted by atomic mass is 19.4. The lowest BCUT2D eigenvalue weighted by molar-refractivity contribution is -0.137. The Balaban J connectivity index is 2.49. The van der Waals surface area contributed by atoms with Crippen molar-refractivity contribution >= 4 is 11.8 Å². The van der Waals surface area contributed by atoms with Crippen LogP contribution in [0.1, 0.15) is 31.0 Å². The molecule has 1 aromatic rings. The molecule has 0 bridgehead atoms. The summed E-state index contributed by atoms with van der Waals surface area (Å²) in [4.78, 5) is 25.8. The Morgan fingerprint density at radius 1 is 1.36 bits per heavy atom. The quantitative estimate of drug-likeness (QED) is 0.881. The van der Waals surface area contributed by atoms with Crippen molar-refractivity contribution in [1.82, 2.24) is 10.2 Å². The molecule has 1 aliphatic rings. The Bertz CT molecular complexity index is 713. The van der Waals surface area contributed by atoms with E-state index in [0.717, 1.165) is 12.1 Å². The van der Waals surface area contributed by atoms with Crippen LogP contribution in [0.5, 0.6) is 0 Å². The number of halogens is 3. The summed E-state index contributed by atoms with van der Waals surface area (Å²) in [6.07, 6.45) is -4.51. The van der Waals surface area contributed by atoms with Gasteiger partial charge in [0.2, 0.25) is 0 Å². The van der Waals surface area contributed by atoms with Gasteiger partial charge in [-0.05, 0) is 31.5 Å². The van der Waals surface area contributed by atoms with E-state index in [1.807, 2.05) is 0 Å². The molecule has 0 unspecified atom stereocenters. The van der Waals surface area contributed by atoms with Crippen molar-refractivity contribution in [1.29, 1.82) is 0 Å². The molecule has 136 valence electrons. The molecule has 1 aromatic carbocycles. The number of methoxy groups -OCH3 is 1. The highest BCUT2D eigenvalue weighted by Gasteiger charge is 2.36. The van der Waals surface area contributed by atoms with Crippen molar-refractivity contribution in [3.63, 3.8) is 0 Å². The molecule has 0 fully saturated rings. The van der Waals surface area contributed by atoms with Gasteiger partial charge in [0, 0.05) is 18.4 Å². The first-order valence-corrected chi connectivity index (χ1v) is 7.62. The number of Topliss-reactive ketones (excluding diaryl/α,β-unsaturated/α-hetero) is 1. The molecule has 2 amide bonds. The minimum absolute atomic E-state index is 0.208. The van der Waals surface area contributed by atoms with Crippen LogP contribution in [-0.4, -0.2) is 37.0 Å². The Morgan fingerprint density at radius 2 is 2.04 bits per heavy atom. The number of nitrogens with zero attached hydrogens (tertiary/aromatic N) is 1. The van der Waals surface area contributed by atoms with Crippen molar-refractivity contribution in [3.05, 3.63) is 46.7 Å². The van der Waals surface area contributed by atoms with Crippen LogP contribution >= 0.6 is 0 Å². The Hall–Kier alpha value is -2.35. The molecule has 1 atom stereocenters. The summed E-state index contributed by atoms with van der Waals surface area (Å²) < 4.78 is 43.8. The van der Waals surface area contributed by atoms with E-state index in [1.54, 1.807) is 6.92 Å². The lowest BCUT2D eigenvalue weighted by atomic mass is 9.91. The van der Waals surface area contributed by atoms with E-state index in [9.17, 15) is 22.8 Å². The molecule has 0 saturated carbocycles. The molecule has 1 heterocycles. The molecule has 25 heavy (non-hydrogen) atoms. The predicted molar refractivity (Wildman–Crippen MR) is 84.7 cm³/mol. The second-order valence-electron chi connectivity index (χ2n) is 5.71. The monoisotopic (exact) mass is 356 g/mol. The zero-order valence-electron chi connectivity index (χ0n) is 14.1. The molecule has 2 rings (SSSR count). The maximum atomic E-state index is 13.0. The van der Waals surface area contributed by atoms with Crippen molar-refractivity contribution in [2.24, 2.45) is 0 Å². The molecule has 0 saturated heterocycles. The van der Waals surface area contributed by atoms with Crippen molar-refractivity contribution in [2.45, 2.75) is 26.1 Å². The first-order chi connectivity index (χ1) is 11.7. The zero-order chi connectivity index (χ0) is 18.8. The number of urea groups is 1. The molecule has 5 nitrogen and oxygen atoms in total. The maximum absolute atomic E-state index is 13.0. The fraction of sp³-hybridized carbons (Fsp3) is 0.412. The molecule has 8 heteroatoms. The average Bonchev–Trinajstić information content (AvgIpc) is 2.53. The smallest absolute Gasteiger partial charge is 0.383 e. The first kappa shape index (κ1) is 19.0. The molecule has 0 aliphatic carbocycles. The molecule has 0 aromatic heterocycles. The zero-order valence-corrected chi connectivity index (χ0v) is 14.1. The second kappa shape index (κ2) is 7.26. The van der Waals surface area contributed by atoms with Gasteiger partial charge in [0.25, 0.3) is 0 Å². The van der Waals surface area contributed by atoms with Gasteiger partial charge in [-0.15, -0.1) is 0 Å². The second-order valence-corrected chi connectivity index (χ2v) is 5.71. The van der Waals surface area contributed by atoms with Crippen LogP contribution in [0.25, 0.3) is 0 Å². The lowest BCUT2D eigenvalue weighted by Crippen LogP contribution is -2.48. The molecule has 0 spiro atoms. The third-order valence-electron chi connectivity index (χ3n) is 4.04. The lowest BCUT2D eigenvalue weighted by Gasteiger charge is -2.35. The average molecular weight is 356 g/mol. The van der Waals surface area contributed by atoms with E-state index < -0.39 is 23.8 Å². The van der Waals surface area contributed by atoms with Crippen LogP contribution in [0.4, 0.5) is 18.0 Å². The van der Waals surface area contributed by atoms with Crippen molar-refractivity contribution in [2.75, 3.05) is 20.3 Å². The third-order valence-corrected chi connectivity index (χ3v) is 4.04. The van der Waals surface area contributed by atoms with Crippen LogP contribution in [-0.2, 0) is 15.7 Å². The van der Waals surface area contributed by atoms with Gasteiger partial charge in [0.05, 0.1) is 24.8 Å². The number of carbonyl (C=O) groups excluding carboxylic acids is 2. The van der Waals surface area contributed by atoms with Crippen molar-refractivity contribution in [3.8, 4) is 0 Å². The first-order valence-electron chi connectivity index (χ1n) is 7.62. The van der Waals surface area contributed by atoms with Crippen LogP contribution in [0.2, 0.25) is 0 Å². The summed E-state index contributed by atoms with van der Waals surface area (Å²) in [5, 5.41) is 2.62. The minimum Gasteiger partial charge on any atom is -0.383 e. The van der Waals surface area contributed by atoms with Crippen LogP contribution in [0, 0.1) is 0 Å². The van der Waals surface area contributed by atoms with Gasteiger partial charge in [-0.1, -0.05) is 12.1 Å². The number of hydrogen-bond acceptors (Lipinski definition) is 3. The number of hydrogen-bond donors (Lipinski definition) is 1. The predicted octanol–water partition coefficient (Wildman–Crippen LogP) is 3.28. The van der Waals surface area contributed by atoms with E-state index >= 15 is 0 Å². The standard InChI is InChI=1S/C17H19F3N2O3/c1-10-14(11(2)23)15(21-16(24)22(10)7-8-25-3)12-5-4-6-13(9-12)17(18,19)20/h4-6,9,15H,7-8H2,1-3H3,(H,21,24)/t15-/m0/s1. The fourth-order valence-electron chi connectivity index (χ4n) is 2.83. The molecule has 1 N–H and O–H groups in total. The number of rotatable bonds is 5. The number of alkyl halides is 3. The van der Waals surface area contributed by atoms with Gasteiger partial charge >= 0.3 is 12.2 Å². The Kier molecular flexibility index (Phi) is 5.52. The fourth-order valence-corrected chi connectivity index (χ4v) is 2.83. The summed E-state index contributed by atoms with van der Waals surface area (Å²) in [5.74, 6) is -0.317. The highest BCUT2D eigenvalue weighted by Crippen LogP contribution is 2.35. The summed E-state index contributed by atoms with van der Waals surface area (Å²) in [5.41, 5.74) is 0.0477. The maximum Gasteiger partial charge on any atom is 0.416 e.